The second kappa shape index (κ2) is 13.0. The molecule has 13 rings (SSSR count). The summed E-state index contributed by atoms with van der Waals surface area (Å²) >= 11 is 0. The zero-order chi connectivity index (χ0) is 41.1. The molecule has 290 valence electrons. The number of hydrogen-bond donors (Lipinski definition) is 2. The van der Waals surface area contributed by atoms with Gasteiger partial charge in [-0.3, -0.25) is 0 Å². The van der Waals surface area contributed by atoms with Crippen molar-refractivity contribution in [3.63, 3.8) is 0 Å². The SMILES string of the molecule is N=Cc1cc(-n2c3ccc(-c4ccccc4)cc3c3c4oc5ccccc5c4ccc32)cc(-n2c3ccc(-c4ccccc4)cc3c3c4oc5ccccc5c4ccc32)c1C=N. The lowest BCUT2D eigenvalue weighted by atomic mass is 10.0. The first-order valence-corrected chi connectivity index (χ1v) is 20.7. The van der Waals surface area contributed by atoms with Crippen molar-refractivity contribution < 1.29 is 8.83 Å². The first kappa shape index (κ1) is 34.4. The fourth-order valence-corrected chi connectivity index (χ4v) is 9.97. The minimum absolute atomic E-state index is 0.633. The summed E-state index contributed by atoms with van der Waals surface area (Å²) in [5.74, 6) is 0. The Kier molecular flexibility index (Phi) is 7.22. The van der Waals surface area contributed by atoms with Crippen molar-refractivity contribution >= 4 is 99.9 Å². The molecule has 0 atom stereocenters. The average Bonchev–Trinajstić information content (AvgIpc) is 4.08. The van der Waals surface area contributed by atoms with Crippen LogP contribution in [0.1, 0.15) is 11.1 Å². The summed E-state index contributed by atoms with van der Waals surface area (Å²) in [6.07, 6.45) is 2.75. The molecule has 0 fully saturated rings. The van der Waals surface area contributed by atoms with Gasteiger partial charge < -0.3 is 28.8 Å². The molecule has 0 bridgehead atoms. The Balaban J connectivity index is 1.14. The van der Waals surface area contributed by atoms with Crippen molar-refractivity contribution in [2.45, 2.75) is 0 Å². The first-order valence-electron chi connectivity index (χ1n) is 20.7. The zero-order valence-electron chi connectivity index (χ0n) is 33.2. The van der Waals surface area contributed by atoms with Gasteiger partial charge in [-0.2, -0.15) is 0 Å². The molecular formula is C56H34N4O2. The van der Waals surface area contributed by atoms with E-state index in [1.54, 1.807) is 0 Å². The van der Waals surface area contributed by atoms with Gasteiger partial charge in [-0.15, -0.1) is 0 Å². The molecule has 0 spiro atoms. The Hall–Kier alpha value is -8.48. The van der Waals surface area contributed by atoms with Crippen LogP contribution in [0.4, 0.5) is 0 Å². The molecule has 6 heteroatoms. The summed E-state index contributed by atoms with van der Waals surface area (Å²) in [4.78, 5) is 0. The van der Waals surface area contributed by atoms with Gasteiger partial charge in [0, 0.05) is 61.6 Å². The van der Waals surface area contributed by atoms with E-state index >= 15 is 0 Å². The predicted octanol–water partition coefficient (Wildman–Crippen LogP) is 15.0. The molecule has 0 amide bonds. The fraction of sp³-hybridized carbons (Fsp3) is 0. The van der Waals surface area contributed by atoms with Crippen molar-refractivity contribution in [1.29, 1.82) is 10.8 Å². The molecule has 0 aliphatic rings. The highest BCUT2D eigenvalue weighted by Gasteiger charge is 2.24. The van der Waals surface area contributed by atoms with E-state index in [2.05, 4.69) is 149 Å². The number of nitrogens with zero attached hydrogens (tertiary/aromatic N) is 2. The average molecular weight is 795 g/mol. The number of furan rings is 2. The van der Waals surface area contributed by atoms with Crippen molar-refractivity contribution in [3.8, 4) is 33.6 Å². The maximum atomic E-state index is 8.87. The third-order valence-electron chi connectivity index (χ3n) is 12.7. The molecule has 2 N–H and O–H groups in total. The van der Waals surface area contributed by atoms with Crippen LogP contribution < -0.4 is 0 Å². The number of fused-ring (bicyclic) bond motifs is 14. The molecule has 62 heavy (non-hydrogen) atoms. The van der Waals surface area contributed by atoms with Crippen LogP contribution in [0.3, 0.4) is 0 Å². The number of rotatable bonds is 6. The number of nitrogens with one attached hydrogen (secondary N) is 2. The van der Waals surface area contributed by atoms with E-state index in [9.17, 15) is 0 Å². The van der Waals surface area contributed by atoms with Gasteiger partial charge in [0.05, 0.1) is 38.5 Å². The number of benzene rings is 9. The maximum absolute atomic E-state index is 8.87. The largest absolute Gasteiger partial charge is 0.455 e. The lowest BCUT2D eigenvalue weighted by Gasteiger charge is -2.17. The highest BCUT2D eigenvalue weighted by atomic mass is 16.3. The van der Waals surface area contributed by atoms with Gasteiger partial charge in [0.25, 0.3) is 0 Å². The molecule has 13 aromatic rings. The van der Waals surface area contributed by atoms with E-state index in [0.29, 0.717) is 11.1 Å². The van der Waals surface area contributed by atoms with E-state index in [1.165, 1.54) is 12.4 Å². The van der Waals surface area contributed by atoms with Crippen LogP contribution in [0.15, 0.2) is 191 Å². The lowest BCUT2D eigenvalue weighted by Crippen LogP contribution is -2.06. The van der Waals surface area contributed by atoms with Crippen molar-refractivity contribution in [1.82, 2.24) is 9.13 Å². The zero-order valence-corrected chi connectivity index (χ0v) is 33.2. The van der Waals surface area contributed by atoms with Crippen molar-refractivity contribution in [2.24, 2.45) is 0 Å². The van der Waals surface area contributed by atoms with Gasteiger partial charge >= 0.3 is 0 Å². The molecule has 0 saturated carbocycles. The molecule has 0 aliphatic heterocycles. The molecule has 6 nitrogen and oxygen atoms in total. The molecule has 0 saturated heterocycles. The monoisotopic (exact) mass is 794 g/mol. The van der Waals surface area contributed by atoms with E-state index in [0.717, 1.165) is 121 Å². The molecule has 0 aliphatic carbocycles. The van der Waals surface area contributed by atoms with E-state index in [1.807, 2.05) is 42.5 Å². The lowest BCUT2D eigenvalue weighted by molar-refractivity contribution is 0.672. The predicted molar refractivity (Wildman–Crippen MR) is 256 cm³/mol. The van der Waals surface area contributed by atoms with Gasteiger partial charge in [-0.05, 0) is 95.1 Å². The summed E-state index contributed by atoms with van der Waals surface area (Å²) in [7, 11) is 0. The molecule has 4 heterocycles. The van der Waals surface area contributed by atoms with Crippen LogP contribution in [-0.2, 0) is 0 Å². The quantitative estimate of drug-likeness (QED) is 0.164. The Bertz CT molecular complexity index is 4020. The van der Waals surface area contributed by atoms with Gasteiger partial charge in [-0.25, -0.2) is 0 Å². The maximum Gasteiger partial charge on any atom is 0.145 e. The highest BCUT2D eigenvalue weighted by Crippen LogP contribution is 2.45. The van der Waals surface area contributed by atoms with Crippen LogP contribution >= 0.6 is 0 Å². The molecule has 0 radical (unpaired) electrons. The van der Waals surface area contributed by atoms with Gasteiger partial charge in [0.2, 0.25) is 0 Å². The third kappa shape index (κ3) is 4.80. The van der Waals surface area contributed by atoms with Crippen LogP contribution in [0.25, 0.3) is 121 Å². The Morgan fingerprint density at radius 2 is 0.855 bits per heavy atom. The van der Waals surface area contributed by atoms with Gasteiger partial charge in [-0.1, -0.05) is 109 Å². The Morgan fingerprint density at radius 1 is 0.371 bits per heavy atom. The summed E-state index contributed by atoms with van der Waals surface area (Å²) < 4.78 is 18.0. The van der Waals surface area contributed by atoms with Crippen LogP contribution in [-0.4, -0.2) is 21.6 Å². The van der Waals surface area contributed by atoms with Gasteiger partial charge in [0.15, 0.2) is 0 Å². The smallest absolute Gasteiger partial charge is 0.145 e. The minimum atomic E-state index is 0.633. The van der Waals surface area contributed by atoms with Crippen molar-refractivity contribution in [3.05, 3.63) is 193 Å². The van der Waals surface area contributed by atoms with Crippen LogP contribution in [0.2, 0.25) is 0 Å². The molecule has 4 aromatic heterocycles. The second-order valence-corrected chi connectivity index (χ2v) is 16.0. The van der Waals surface area contributed by atoms with Crippen LogP contribution in [0, 0.1) is 10.8 Å². The van der Waals surface area contributed by atoms with Gasteiger partial charge in [0.1, 0.15) is 22.3 Å². The third-order valence-corrected chi connectivity index (χ3v) is 12.7. The summed E-state index contributed by atoms with van der Waals surface area (Å²) in [5, 5.41) is 26.1. The first-order chi connectivity index (χ1) is 30.7. The minimum Gasteiger partial charge on any atom is -0.455 e. The van der Waals surface area contributed by atoms with E-state index in [-0.39, 0.29) is 0 Å². The van der Waals surface area contributed by atoms with E-state index < -0.39 is 0 Å². The second-order valence-electron chi connectivity index (χ2n) is 16.0. The van der Waals surface area contributed by atoms with Crippen molar-refractivity contribution in [2.75, 3.05) is 0 Å². The summed E-state index contributed by atoms with van der Waals surface area (Å²) in [6.45, 7) is 0. The normalized spacial score (nSPS) is 12.0. The summed E-state index contributed by atoms with van der Waals surface area (Å²) in [6, 6.07) is 63.5. The fourth-order valence-electron chi connectivity index (χ4n) is 9.97. The van der Waals surface area contributed by atoms with Crippen LogP contribution in [0.5, 0.6) is 0 Å². The number of aromatic nitrogens is 2. The summed E-state index contributed by atoms with van der Waals surface area (Å²) in [5.41, 5.74) is 14.7. The Morgan fingerprint density at radius 3 is 1.39 bits per heavy atom. The van der Waals surface area contributed by atoms with E-state index in [4.69, 9.17) is 19.7 Å². The molecular weight excluding hydrogens is 761 g/mol. The molecule has 9 aromatic carbocycles. The Labute approximate surface area is 354 Å². The number of hydrogen-bond acceptors (Lipinski definition) is 4. The number of para-hydroxylation sites is 2. The molecule has 0 unspecified atom stereocenters. The standard InChI is InChI=1S/C56H34N4O2/c57-31-37-27-38(59-46-23-19-35(33-11-3-1-4-12-33)28-43(46)53-48(59)25-21-41-39-15-7-9-17-51(39)61-55(41)53)30-50(45(37)32-58)60-47-24-20-36(34-13-5-2-6-14-34)29-44(47)54-49(60)26-22-42-40-16-8-10-18-52(40)62-56(42)54/h1-32,57-58H. The highest BCUT2D eigenvalue weighted by molar-refractivity contribution is 6.26. The topological polar surface area (TPSA) is 83.8 Å².